The number of anilines is 3. The van der Waals surface area contributed by atoms with E-state index in [4.69, 9.17) is 51.7 Å². The van der Waals surface area contributed by atoms with Gasteiger partial charge in [-0.05, 0) is 170 Å². The number of aryl methyl sites for hydroxylation is 1. The largest absolute Gasteiger partial charge is 2.00 e. The topological polar surface area (TPSA) is 206 Å². The summed E-state index contributed by atoms with van der Waals surface area (Å²) in [6.07, 6.45) is 6.82. The van der Waals surface area contributed by atoms with Gasteiger partial charge in [0.1, 0.15) is 11.6 Å². The van der Waals surface area contributed by atoms with Gasteiger partial charge in [-0.3, -0.25) is 35.0 Å². The number of hydrogen-bond acceptors (Lipinski definition) is 14. The Hall–Kier alpha value is -12.7. The van der Waals surface area contributed by atoms with Crippen LogP contribution in [0.2, 0.25) is 0 Å². The average molecular weight is 2460 g/mol. The third kappa shape index (κ3) is 24.3. The molecule has 5 aromatic carbocycles. The average Bonchev–Trinajstić information content (AvgIpc) is 1.53. The van der Waals surface area contributed by atoms with Crippen LogP contribution in [0, 0.1) is 85.5 Å². The van der Waals surface area contributed by atoms with Gasteiger partial charge >= 0.3 is 96.3 Å². The fourth-order valence-corrected chi connectivity index (χ4v) is 13.4. The molecule has 0 aliphatic heterocycles. The molecular weight excluding hydrogens is 2380 g/mol. The van der Waals surface area contributed by atoms with E-state index in [1.165, 1.54) is 45.8 Å². The van der Waals surface area contributed by atoms with E-state index in [1.807, 2.05) is 191 Å². The van der Waals surface area contributed by atoms with Crippen LogP contribution in [-0.4, -0.2) is 79.0 Å². The van der Waals surface area contributed by atoms with Gasteiger partial charge in [0.15, 0.2) is 0 Å². The summed E-state index contributed by atoms with van der Waals surface area (Å²) in [6.45, 7) is 34.3. The number of nitriles is 1. The minimum absolute atomic E-state index is 0. The maximum absolute atomic E-state index is 13.6. The number of benzene rings is 5. The predicted octanol–water partition coefficient (Wildman–Crippen LogP) is 22.8. The van der Waals surface area contributed by atoms with Gasteiger partial charge in [0.25, 0.3) is 0 Å². The Bertz CT molecular complexity index is 6540. The molecule has 0 N–H and O–H groups in total. The zero-order valence-electron chi connectivity index (χ0n) is 73.1. The van der Waals surface area contributed by atoms with Crippen LogP contribution in [-0.2, 0) is 118 Å². The van der Waals surface area contributed by atoms with Crippen LogP contribution >= 0.6 is 0 Å². The number of rotatable bonds is 17. The summed E-state index contributed by atoms with van der Waals surface area (Å²) >= 11 is 0. The summed E-state index contributed by atoms with van der Waals surface area (Å²) in [5, 5.41) is 25.4. The summed E-state index contributed by atoms with van der Waals surface area (Å²) < 4.78 is 72.5. The van der Waals surface area contributed by atoms with Crippen LogP contribution in [0.25, 0.3) is 73.1 Å². The molecule has 28 heteroatoms. The number of pyridine rings is 8. The first-order chi connectivity index (χ1) is 60.7. The predicted molar refractivity (Wildman–Crippen MR) is 477 cm³/mol. The Morgan fingerprint density at radius 3 is 1.08 bits per heavy atom. The molecule has 0 spiro atoms. The first-order valence-corrected chi connectivity index (χ1v) is 40.5. The van der Waals surface area contributed by atoms with Gasteiger partial charge in [0, 0.05) is 67.7 Å². The van der Waals surface area contributed by atoms with E-state index in [9.17, 15) is 22.0 Å². The molecule has 131 heavy (non-hydrogen) atoms. The first-order valence-electron chi connectivity index (χ1n) is 40.5. The van der Waals surface area contributed by atoms with E-state index < -0.39 is 22.7 Å². The van der Waals surface area contributed by atoms with Gasteiger partial charge in [-0.25, -0.2) is 23.8 Å². The fraction of sp³-hybridized carbons (Fsp3) is 0.184. The Morgan fingerprint density at radius 1 is 0.359 bits per heavy atom. The Kier molecular flexibility index (Phi) is 32.9. The van der Waals surface area contributed by atoms with E-state index in [2.05, 4.69) is 172 Å². The molecule has 19 nitrogen and oxygen atoms in total. The molecule has 0 aliphatic carbocycles. The summed E-state index contributed by atoms with van der Waals surface area (Å²) in [4.78, 5) is 43.6. The van der Waals surface area contributed by atoms with Crippen molar-refractivity contribution in [3.63, 3.8) is 0 Å². The summed E-state index contributed by atoms with van der Waals surface area (Å²) in [7, 11) is 0. The molecule has 0 atom stereocenters. The molecule has 0 fully saturated rings. The number of halogens is 5. The molecular formula is C103H84F5N19Pt4. The number of hydrogen-bond donors (Lipinski definition) is 0. The number of alkyl halides is 3. The summed E-state index contributed by atoms with van der Waals surface area (Å²) in [5.41, 5.74) is 12.8. The van der Waals surface area contributed by atoms with Crippen LogP contribution in [0.3, 0.4) is 0 Å². The molecule has 0 saturated carbocycles. The van der Waals surface area contributed by atoms with Crippen molar-refractivity contribution in [1.29, 1.82) is 5.26 Å². The van der Waals surface area contributed by atoms with Crippen LogP contribution in [0.15, 0.2) is 273 Å². The number of aromatic nitrogens is 16. The first kappa shape index (κ1) is 100. The van der Waals surface area contributed by atoms with Gasteiger partial charge in [0.2, 0.25) is 0 Å². The van der Waals surface area contributed by atoms with Crippen molar-refractivity contribution in [3.8, 4) is 74.4 Å². The smallest absolute Gasteiger partial charge is 0.343 e. The van der Waals surface area contributed by atoms with Crippen molar-refractivity contribution < 1.29 is 106 Å². The maximum atomic E-state index is 13.6. The molecule has 666 valence electrons. The van der Waals surface area contributed by atoms with Crippen molar-refractivity contribution >= 4 is 23.1 Å². The molecule has 0 radical (unpaired) electrons. The minimum Gasteiger partial charge on any atom is -0.343 e. The molecule has 17 rings (SSSR count). The van der Waals surface area contributed by atoms with Gasteiger partial charge in [0.05, 0.1) is 40.7 Å². The van der Waals surface area contributed by atoms with Gasteiger partial charge in [-0.1, -0.05) is 177 Å². The molecule has 0 amide bonds. The van der Waals surface area contributed by atoms with Crippen molar-refractivity contribution in [3.05, 3.63) is 407 Å². The third-order valence-corrected chi connectivity index (χ3v) is 20.8. The maximum Gasteiger partial charge on any atom is 2.00 e. The molecule has 0 unspecified atom stereocenters. The monoisotopic (exact) mass is 2460 g/mol. The van der Waals surface area contributed by atoms with Crippen LogP contribution in [0.4, 0.5) is 45.1 Å². The van der Waals surface area contributed by atoms with E-state index in [1.54, 1.807) is 47.1 Å². The SMILES string of the molecule is CC(C)(c1cccc(-c2[c-]ccc(F)c2)n1)c1cccc(-c2[c-]ccc(F)c2)n1.CC(C)(c1cccc(-c2[c-]cccc2)n1)c1cccc(-c2[c-]cccc2)n1.Cc1c[c-]n(-c2cccc(N(c3cc(C(C)(C)C)cc(C(C)(C)C)c3)c3cccc(-n4[c-]cc(C(F)(F)F)n4)n3)n2)n1.[C-]#[N+]c1c[c-]n(-c2cccc(C(C)(C)c3cccc(-n4[c-]cc(C#N)n4)n3)n2)n1.[Pt+2].[Pt+2].[Pt+2].[Pt+2]. The zero-order valence-corrected chi connectivity index (χ0v) is 82.2. The quantitative estimate of drug-likeness (QED) is 0.0614. The standard InChI is InChI=1S/C32H32F3N7.C25H18F2N2.C25H20N2.C21H14N8.4Pt/c1-21-14-16-40(38-21)26-10-8-12-28(36-26)42(24-19-22(30(2,3)4)18-23(20-24)31(5,6)7)29-13-9-11-27(37-29)41-17-15-25(39-41)32(33,34)35;1-25(2,23-13-5-11-21(28-23)17-7-3-9-19(26)15-17)24-14-6-12-22(29-24)18-8-4-10-20(27)16-18;1-25(2,23-17-9-15-21(26-23)19-11-5-3-6-12-19)24-18-10-16-22(27-24)20-13-7-4-8-14-20;1-21(2,16-6-4-8-19(24-16)28-12-10-15(14-22)26-28)17-7-5-9-20(25-17)29-13-11-18(23-3)27-29;;;;/h8-15,18-20H,1-7H3;3-6,9-16H,1-2H3;3-11,13,15-18H,1-2H3;4-11H,1-2H3;;;;/q4*-2;4*+2. The summed E-state index contributed by atoms with van der Waals surface area (Å²) in [6, 6.07) is 96.5. The molecule has 0 aliphatic rings. The van der Waals surface area contributed by atoms with Gasteiger partial charge < -0.3 is 38.8 Å². The van der Waals surface area contributed by atoms with Crippen LogP contribution in [0.5, 0.6) is 0 Å². The van der Waals surface area contributed by atoms with E-state index in [0.29, 0.717) is 51.6 Å². The molecule has 12 heterocycles. The van der Waals surface area contributed by atoms with Crippen molar-refractivity contribution in [2.45, 2.75) is 123 Å². The van der Waals surface area contributed by atoms with E-state index in [-0.39, 0.29) is 129 Å². The minimum atomic E-state index is -4.59. The molecule has 17 aromatic rings. The molecule has 0 saturated heterocycles. The second-order valence-electron chi connectivity index (χ2n) is 33.2. The zero-order chi connectivity index (χ0) is 90.0. The Labute approximate surface area is 816 Å². The van der Waals surface area contributed by atoms with E-state index in [0.717, 1.165) is 89.9 Å². The van der Waals surface area contributed by atoms with Gasteiger partial charge in [-0.15, -0.1) is 150 Å². The van der Waals surface area contributed by atoms with Crippen LogP contribution < -0.4 is 4.90 Å². The Morgan fingerprint density at radius 2 is 0.718 bits per heavy atom. The van der Waals surface area contributed by atoms with Crippen molar-refractivity contribution in [2.24, 2.45) is 0 Å². The second-order valence-corrected chi connectivity index (χ2v) is 33.2. The van der Waals surface area contributed by atoms with Gasteiger partial charge in [-0.2, -0.15) is 13.2 Å². The fourth-order valence-electron chi connectivity index (χ4n) is 13.4. The molecule has 12 aromatic heterocycles. The van der Waals surface area contributed by atoms with Crippen LogP contribution in [0.1, 0.15) is 145 Å². The normalized spacial score (nSPS) is 11.3. The van der Waals surface area contributed by atoms with Crippen molar-refractivity contribution in [1.82, 2.24) is 79.0 Å². The number of nitrogens with zero attached hydrogens (tertiary/aromatic N) is 19. The van der Waals surface area contributed by atoms with Crippen molar-refractivity contribution in [2.75, 3.05) is 4.90 Å². The second kappa shape index (κ2) is 42.9. The molecule has 0 bridgehead atoms. The third-order valence-electron chi connectivity index (χ3n) is 20.8. The Balaban J connectivity index is 0.000000182. The van der Waals surface area contributed by atoms with E-state index >= 15 is 0 Å². The summed E-state index contributed by atoms with van der Waals surface area (Å²) in [5.74, 6) is 2.47.